The van der Waals surface area contributed by atoms with Crippen LogP contribution in [0.4, 0.5) is 11.4 Å². The van der Waals surface area contributed by atoms with E-state index in [2.05, 4.69) is 10.6 Å². The number of para-hydroxylation sites is 2. The molecule has 1 aliphatic heterocycles. The highest BCUT2D eigenvalue weighted by molar-refractivity contribution is 6.03. The molecule has 1 saturated heterocycles. The number of carbonyl (C=O) groups is 3. The van der Waals surface area contributed by atoms with Gasteiger partial charge in [-0.15, -0.1) is 0 Å². The second kappa shape index (κ2) is 9.73. The number of ether oxygens (including phenoxy) is 1. The summed E-state index contributed by atoms with van der Waals surface area (Å²) in [5.74, 6) is -1.12. The van der Waals surface area contributed by atoms with Crippen LogP contribution in [0.3, 0.4) is 0 Å². The number of nitrogens with one attached hydrogen (secondary N) is 2. The van der Waals surface area contributed by atoms with Gasteiger partial charge < -0.3 is 20.3 Å². The van der Waals surface area contributed by atoms with Crippen molar-refractivity contribution in [3.63, 3.8) is 0 Å². The molecule has 0 radical (unpaired) electrons. The van der Waals surface area contributed by atoms with Gasteiger partial charge in [0.05, 0.1) is 24.3 Å². The number of anilines is 2. The van der Waals surface area contributed by atoms with Crippen LogP contribution in [0.25, 0.3) is 0 Å². The minimum Gasteiger partial charge on any atom is -0.466 e. The highest BCUT2D eigenvalue weighted by Gasteiger charge is 2.36. The van der Waals surface area contributed by atoms with E-state index in [-0.39, 0.29) is 18.2 Å². The summed E-state index contributed by atoms with van der Waals surface area (Å²) in [4.78, 5) is 39.2. The molecular formula is C22H25N3O4. The molecule has 3 rings (SSSR count). The van der Waals surface area contributed by atoms with Gasteiger partial charge in [0.2, 0.25) is 5.91 Å². The molecule has 1 heterocycles. The van der Waals surface area contributed by atoms with Crippen molar-refractivity contribution in [2.24, 2.45) is 0 Å². The number of hydrogen-bond donors (Lipinski definition) is 2. The van der Waals surface area contributed by atoms with E-state index < -0.39 is 12.0 Å². The molecule has 2 aromatic rings. The predicted molar refractivity (Wildman–Crippen MR) is 110 cm³/mol. The summed E-state index contributed by atoms with van der Waals surface area (Å²) in [7, 11) is 0. The molecule has 0 aliphatic carbocycles. The summed E-state index contributed by atoms with van der Waals surface area (Å²) in [5, 5.41) is 5.98. The maximum Gasteiger partial charge on any atom is 0.308 e. The zero-order valence-corrected chi connectivity index (χ0v) is 16.4. The first kappa shape index (κ1) is 20.4. The van der Waals surface area contributed by atoms with Crippen molar-refractivity contribution in [2.45, 2.75) is 25.8 Å². The molecule has 2 aromatic carbocycles. The van der Waals surface area contributed by atoms with Gasteiger partial charge in [-0.2, -0.15) is 0 Å². The highest BCUT2D eigenvalue weighted by atomic mass is 16.5. The summed E-state index contributed by atoms with van der Waals surface area (Å²) in [6.45, 7) is 2.87. The number of esters is 1. The normalized spacial score (nSPS) is 16.1. The Labute approximate surface area is 170 Å². The van der Waals surface area contributed by atoms with Gasteiger partial charge in [-0.25, -0.2) is 0 Å². The average Bonchev–Trinajstić information content (AvgIpc) is 2.74. The van der Waals surface area contributed by atoms with Crippen LogP contribution in [0.1, 0.15) is 30.1 Å². The predicted octanol–water partition coefficient (Wildman–Crippen LogP) is 2.71. The number of hydrogen-bond acceptors (Lipinski definition) is 5. The van der Waals surface area contributed by atoms with E-state index in [1.807, 2.05) is 49.4 Å². The first-order chi connectivity index (χ1) is 14.1. The smallest absolute Gasteiger partial charge is 0.308 e. The van der Waals surface area contributed by atoms with Crippen LogP contribution in [0.5, 0.6) is 0 Å². The summed E-state index contributed by atoms with van der Waals surface area (Å²) in [6.07, 6.45) is 0.537. The molecule has 1 atom stereocenters. The molecule has 152 valence electrons. The molecule has 0 saturated carbocycles. The van der Waals surface area contributed by atoms with Gasteiger partial charge in [0.15, 0.2) is 0 Å². The zero-order valence-electron chi connectivity index (χ0n) is 16.4. The monoisotopic (exact) mass is 395 g/mol. The van der Waals surface area contributed by atoms with Crippen LogP contribution in [0.2, 0.25) is 0 Å². The Balaban J connectivity index is 1.82. The quantitative estimate of drug-likeness (QED) is 0.704. The molecule has 29 heavy (non-hydrogen) atoms. The molecule has 0 spiro atoms. The van der Waals surface area contributed by atoms with Crippen molar-refractivity contribution < 1.29 is 19.1 Å². The number of rotatable bonds is 7. The fourth-order valence-electron chi connectivity index (χ4n) is 3.20. The van der Waals surface area contributed by atoms with Crippen LogP contribution in [-0.4, -0.2) is 48.4 Å². The van der Waals surface area contributed by atoms with Gasteiger partial charge in [0.1, 0.15) is 6.04 Å². The standard InChI is InChI=1S/C22H25N3O4/c1-2-14-29-20(26)15-19-21(27)23-12-13-25(19)22(28)17-10-6-7-11-18(17)24-16-8-4-3-5-9-16/h3-11,19,24H,2,12-15H2,1H3,(H,23,27). The van der Waals surface area contributed by atoms with E-state index in [9.17, 15) is 14.4 Å². The fourth-order valence-corrected chi connectivity index (χ4v) is 3.20. The average molecular weight is 395 g/mol. The third-order valence-electron chi connectivity index (χ3n) is 4.63. The van der Waals surface area contributed by atoms with Gasteiger partial charge >= 0.3 is 5.97 Å². The molecule has 2 N–H and O–H groups in total. The van der Waals surface area contributed by atoms with E-state index in [0.717, 1.165) is 5.69 Å². The third kappa shape index (κ3) is 5.13. The minimum absolute atomic E-state index is 0.161. The summed E-state index contributed by atoms with van der Waals surface area (Å²) in [6, 6.07) is 15.8. The Morgan fingerprint density at radius 2 is 1.86 bits per heavy atom. The lowest BCUT2D eigenvalue weighted by Crippen LogP contribution is -2.57. The van der Waals surface area contributed by atoms with E-state index >= 15 is 0 Å². The van der Waals surface area contributed by atoms with Crippen LogP contribution in [0, 0.1) is 0 Å². The molecule has 2 amide bonds. The van der Waals surface area contributed by atoms with Crippen LogP contribution in [-0.2, 0) is 14.3 Å². The van der Waals surface area contributed by atoms with Crippen molar-refractivity contribution in [1.82, 2.24) is 10.2 Å². The van der Waals surface area contributed by atoms with Gasteiger partial charge in [0.25, 0.3) is 5.91 Å². The minimum atomic E-state index is -0.884. The Morgan fingerprint density at radius 1 is 1.14 bits per heavy atom. The molecule has 7 nitrogen and oxygen atoms in total. The Morgan fingerprint density at radius 3 is 2.62 bits per heavy atom. The van der Waals surface area contributed by atoms with Crippen molar-refractivity contribution >= 4 is 29.2 Å². The molecule has 1 unspecified atom stereocenters. The molecule has 0 aromatic heterocycles. The SMILES string of the molecule is CCCOC(=O)CC1C(=O)NCCN1C(=O)c1ccccc1Nc1ccccc1. The van der Waals surface area contributed by atoms with E-state index in [1.165, 1.54) is 4.90 Å². The lowest BCUT2D eigenvalue weighted by molar-refractivity contribution is -0.147. The largest absolute Gasteiger partial charge is 0.466 e. The van der Waals surface area contributed by atoms with E-state index in [4.69, 9.17) is 4.74 Å². The first-order valence-electron chi connectivity index (χ1n) is 9.75. The van der Waals surface area contributed by atoms with Crippen molar-refractivity contribution in [3.05, 3.63) is 60.2 Å². The highest BCUT2D eigenvalue weighted by Crippen LogP contribution is 2.24. The number of amides is 2. The van der Waals surface area contributed by atoms with Crippen molar-refractivity contribution in [3.8, 4) is 0 Å². The number of benzene rings is 2. The number of carbonyl (C=O) groups excluding carboxylic acids is 3. The summed E-state index contributed by atoms with van der Waals surface area (Å²) in [5.41, 5.74) is 1.93. The zero-order chi connectivity index (χ0) is 20.6. The van der Waals surface area contributed by atoms with Crippen LogP contribution in [0.15, 0.2) is 54.6 Å². The summed E-state index contributed by atoms with van der Waals surface area (Å²) >= 11 is 0. The molecule has 7 heteroatoms. The maximum atomic E-state index is 13.3. The van der Waals surface area contributed by atoms with Gasteiger partial charge in [-0.3, -0.25) is 14.4 Å². The number of nitrogens with zero attached hydrogens (tertiary/aromatic N) is 1. The fraction of sp³-hybridized carbons (Fsp3) is 0.318. The Kier molecular flexibility index (Phi) is 6.84. The number of piperazine rings is 1. The second-order valence-corrected chi connectivity index (χ2v) is 6.77. The van der Waals surface area contributed by atoms with Crippen molar-refractivity contribution in [1.29, 1.82) is 0 Å². The molecule has 1 fully saturated rings. The lowest BCUT2D eigenvalue weighted by Gasteiger charge is -2.35. The van der Waals surface area contributed by atoms with Gasteiger partial charge in [-0.1, -0.05) is 37.3 Å². The lowest BCUT2D eigenvalue weighted by atomic mass is 10.1. The van der Waals surface area contributed by atoms with Crippen LogP contribution < -0.4 is 10.6 Å². The Hall–Kier alpha value is -3.35. The second-order valence-electron chi connectivity index (χ2n) is 6.77. The topological polar surface area (TPSA) is 87.7 Å². The first-order valence-corrected chi connectivity index (χ1v) is 9.75. The van der Waals surface area contributed by atoms with Gasteiger partial charge in [0, 0.05) is 18.8 Å². The van der Waals surface area contributed by atoms with Crippen molar-refractivity contribution in [2.75, 3.05) is 25.0 Å². The van der Waals surface area contributed by atoms with Gasteiger partial charge in [-0.05, 0) is 30.7 Å². The molecule has 0 bridgehead atoms. The van der Waals surface area contributed by atoms with E-state index in [1.54, 1.807) is 12.1 Å². The van der Waals surface area contributed by atoms with Crippen LogP contribution >= 0.6 is 0 Å². The molecular weight excluding hydrogens is 370 g/mol. The van der Waals surface area contributed by atoms with E-state index in [0.29, 0.717) is 37.4 Å². The Bertz CT molecular complexity index is 869. The summed E-state index contributed by atoms with van der Waals surface area (Å²) < 4.78 is 5.11. The third-order valence-corrected chi connectivity index (χ3v) is 4.63. The maximum absolute atomic E-state index is 13.3. The molecule has 1 aliphatic rings.